The Morgan fingerprint density at radius 3 is 3.04 bits per heavy atom. The summed E-state index contributed by atoms with van der Waals surface area (Å²) < 4.78 is 9.32. The molecule has 1 aliphatic carbocycles. The van der Waals surface area contributed by atoms with Crippen LogP contribution in [-0.2, 0) is 24.0 Å². The van der Waals surface area contributed by atoms with Crippen LogP contribution in [0.4, 0.5) is 0 Å². The number of fused-ring (bicyclic) bond motifs is 3. The Kier molecular flexibility index (Phi) is 4.81. The number of aryl methyl sites for hydroxylation is 2. The maximum atomic E-state index is 12.7. The van der Waals surface area contributed by atoms with Crippen LogP contribution in [0, 0.1) is 5.92 Å². The highest BCUT2D eigenvalue weighted by Gasteiger charge is 2.25. The SMILES string of the molecule is CCc1nnsc1C(=O)O[C@@H](C)c1nc2sc3c(c2c(=O)[nH]1)CC[C@H](C)C3. The number of nitrogens with one attached hydrogen (secondary N) is 1. The van der Waals surface area contributed by atoms with E-state index < -0.39 is 12.1 Å². The number of hydrogen-bond donors (Lipinski definition) is 1. The fourth-order valence-electron chi connectivity index (χ4n) is 3.42. The van der Waals surface area contributed by atoms with Gasteiger partial charge in [-0.05, 0) is 55.6 Å². The molecule has 0 unspecified atom stereocenters. The van der Waals surface area contributed by atoms with Gasteiger partial charge in [0.15, 0.2) is 16.8 Å². The lowest BCUT2D eigenvalue weighted by molar-refractivity contribution is 0.0324. The molecule has 1 N–H and O–H groups in total. The Labute approximate surface area is 164 Å². The molecule has 0 spiro atoms. The zero-order valence-corrected chi connectivity index (χ0v) is 17.0. The van der Waals surface area contributed by atoms with Crippen LogP contribution < -0.4 is 5.56 Å². The van der Waals surface area contributed by atoms with E-state index >= 15 is 0 Å². The molecule has 1 aliphatic rings. The minimum absolute atomic E-state index is 0.154. The first-order chi connectivity index (χ1) is 13.0. The third-order valence-corrected chi connectivity index (χ3v) is 6.83. The lowest BCUT2D eigenvalue weighted by Crippen LogP contribution is -2.18. The van der Waals surface area contributed by atoms with Crippen molar-refractivity contribution in [3.63, 3.8) is 0 Å². The van der Waals surface area contributed by atoms with Gasteiger partial charge in [-0.25, -0.2) is 9.78 Å². The van der Waals surface area contributed by atoms with Gasteiger partial charge in [0.2, 0.25) is 0 Å². The van der Waals surface area contributed by atoms with E-state index in [2.05, 4.69) is 26.5 Å². The summed E-state index contributed by atoms with van der Waals surface area (Å²) in [6, 6.07) is 0. The number of aromatic nitrogens is 4. The quantitative estimate of drug-likeness (QED) is 0.669. The van der Waals surface area contributed by atoms with Crippen LogP contribution in [0.15, 0.2) is 4.79 Å². The predicted octanol–water partition coefficient (Wildman–Crippen LogP) is 3.44. The average Bonchev–Trinajstić information content (AvgIpc) is 3.24. The third-order valence-electron chi connectivity index (χ3n) is 4.93. The van der Waals surface area contributed by atoms with Crippen molar-refractivity contribution in [3.8, 4) is 0 Å². The smallest absolute Gasteiger partial charge is 0.352 e. The minimum Gasteiger partial charge on any atom is -0.450 e. The molecule has 142 valence electrons. The van der Waals surface area contributed by atoms with Gasteiger partial charge in [-0.15, -0.1) is 16.4 Å². The summed E-state index contributed by atoms with van der Waals surface area (Å²) in [6.07, 6.45) is 2.95. The van der Waals surface area contributed by atoms with Crippen LogP contribution in [0.2, 0.25) is 0 Å². The Bertz CT molecular complexity index is 1070. The molecule has 0 amide bonds. The van der Waals surface area contributed by atoms with Crippen molar-refractivity contribution in [3.05, 3.63) is 37.2 Å². The monoisotopic (exact) mass is 404 g/mol. The first-order valence-electron chi connectivity index (χ1n) is 9.04. The Morgan fingerprint density at radius 2 is 2.26 bits per heavy atom. The van der Waals surface area contributed by atoms with Gasteiger partial charge in [-0.3, -0.25) is 4.79 Å². The normalized spacial score (nSPS) is 17.7. The molecule has 27 heavy (non-hydrogen) atoms. The number of esters is 1. The highest BCUT2D eigenvalue weighted by molar-refractivity contribution is 7.18. The summed E-state index contributed by atoms with van der Waals surface area (Å²) in [5, 5.41) is 4.63. The molecule has 0 saturated carbocycles. The van der Waals surface area contributed by atoms with Gasteiger partial charge in [0.05, 0.1) is 11.1 Å². The maximum absolute atomic E-state index is 12.7. The number of aromatic amines is 1. The van der Waals surface area contributed by atoms with Crippen molar-refractivity contribution in [2.75, 3.05) is 0 Å². The molecule has 0 aliphatic heterocycles. The largest absolute Gasteiger partial charge is 0.450 e. The van der Waals surface area contributed by atoms with Gasteiger partial charge >= 0.3 is 5.97 Å². The average molecular weight is 405 g/mol. The third kappa shape index (κ3) is 3.29. The van der Waals surface area contributed by atoms with Crippen molar-refractivity contribution in [1.29, 1.82) is 0 Å². The van der Waals surface area contributed by atoms with Crippen LogP contribution in [0.3, 0.4) is 0 Å². The van der Waals surface area contributed by atoms with Crippen LogP contribution in [0.5, 0.6) is 0 Å². The number of thiophene rings is 1. The minimum atomic E-state index is -0.667. The molecule has 9 heteroatoms. The van der Waals surface area contributed by atoms with Crippen LogP contribution in [-0.4, -0.2) is 25.5 Å². The van der Waals surface area contributed by atoms with Gasteiger partial charge in [-0.2, -0.15) is 0 Å². The zero-order valence-electron chi connectivity index (χ0n) is 15.4. The number of rotatable bonds is 4. The highest BCUT2D eigenvalue weighted by atomic mass is 32.1. The molecular formula is C18H20N4O3S2. The van der Waals surface area contributed by atoms with Crippen molar-refractivity contribution in [2.24, 2.45) is 5.92 Å². The van der Waals surface area contributed by atoms with Gasteiger partial charge in [0.1, 0.15) is 4.83 Å². The highest BCUT2D eigenvalue weighted by Crippen LogP contribution is 2.36. The van der Waals surface area contributed by atoms with E-state index in [1.807, 2.05) is 6.92 Å². The maximum Gasteiger partial charge on any atom is 0.352 e. The van der Waals surface area contributed by atoms with Gasteiger partial charge in [0.25, 0.3) is 5.56 Å². The molecule has 3 heterocycles. The van der Waals surface area contributed by atoms with Gasteiger partial charge < -0.3 is 9.72 Å². The lowest BCUT2D eigenvalue weighted by atomic mass is 9.89. The van der Waals surface area contributed by atoms with Crippen molar-refractivity contribution < 1.29 is 9.53 Å². The molecule has 2 atom stereocenters. The molecule has 0 aromatic carbocycles. The molecule has 0 saturated heterocycles. The van der Waals surface area contributed by atoms with Crippen molar-refractivity contribution in [1.82, 2.24) is 19.6 Å². The van der Waals surface area contributed by atoms with E-state index in [9.17, 15) is 9.59 Å². The van der Waals surface area contributed by atoms with E-state index in [4.69, 9.17) is 4.74 Å². The Balaban J connectivity index is 1.64. The summed E-state index contributed by atoms with van der Waals surface area (Å²) in [5.74, 6) is 0.504. The zero-order chi connectivity index (χ0) is 19.1. The number of nitrogens with zero attached hydrogens (tertiary/aromatic N) is 3. The lowest BCUT2D eigenvalue weighted by Gasteiger charge is -2.17. The van der Waals surface area contributed by atoms with Crippen LogP contribution in [0.1, 0.15) is 64.9 Å². The Hall–Kier alpha value is -2.13. The molecular weight excluding hydrogens is 384 g/mol. The second-order valence-corrected chi connectivity index (χ2v) is 8.77. The predicted molar refractivity (Wildman–Crippen MR) is 105 cm³/mol. The first-order valence-corrected chi connectivity index (χ1v) is 10.6. The second-order valence-electron chi connectivity index (χ2n) is 6.93. The summed E-state index contributed by atoms with van der Waals surface area (Å²) in [7, 11) is 0. The second kappa shape index (κ2) is 7.12. The number of ether oxygens (including phenoxy) is 1. The number of carbonyl (C=O) groups excluding carboxylic acids is 1. The number of hydrogen-bond acceptors (Lipinski definition) is 8. The van der Waals surface area contributed by atoms with Gasteiger partial charge in [-0.1, -0.05) is 18.3 Å². The topological polar surface area (TPSA) is 97.8 Å². The summed E-state index contributed by atoms with van der Waals surface area (Å²) >= 11 is 2.60. The summed E-state index contributed by atoms with van der Waals surface area (Å²) in [4.78, 5) is 34.9. The van der Waals surface area contributed by atoms with E-state index in [1.54, 1.807) is 18.3 Å². The molecule has 4 rings (SSSR count). The fraction of sp³-hybridized carbons (Fsp3) is 0.500. The van der Waals surface area contributed by atoms with Crippen LogP contribution >= 0.6 is 22.9 Å². The summed E-state index contributed by atoms with van der Waals surface area (Å²) in [5.41, 5.74) is 1.61. The fourth-order valence-corrected chi connectivity index (χ4v) is 5.45. The summed E-state index contributed by atoms with van der Waals surface area (Å²) in [6.45, 7) is 5.85. The van der Waals surface area contributed by atoms with Crippen molar-refractivity contribution >= 4 is 39.1 Å². The molecule has 7 nitrogen and oxygen atoms in total. The molecule has 0 radical (unpaired) electrons. The van der Waals surface area contributed by atoms with E-state index in [0.29, 0.717) is 34.1 Å². The number of H-pyrrole nitrogens is 1. The van der Waals surface area contributed by atoms with Crippen LogP contribution in [0.25, 0.3) is 10.2 Å². The van der Waals surface area contributed by atoms with E-state index in [-0.39, 0.29) is 5.56 Å². The number of carbonyl (C=O) groups is 1. The van der Waals surface area contributed by atoms with E-state index in [0.717, 1.165) is 41.2 Å². The molecule has 0 fully saturated rings. The standard InChI is InChI=1S/C18H20N4O3S2/c1-4-11-14(27-22-21-11)18(24)25-9(3)15-19-16(23)13-10-6-5-8(2)7-12(10)26-17(13)20-15/h8-9H,4-7H2,1-3H3,(H,19,20,23)/t8-,9-/m0/s1. The van der Waals surface area contributed by atoms with Crippen molar-refractivity contribution in [2.45, 2.75) is 52.6 Å². The molecule has 3 aromatic heterocycles. The van der Waals surface area contributed by atoms with E-state index in [1.165, 1.54) is 4.88 Å². The molecule has 3 aromatic rings. The molecule has 0 bridgehead atoms. The first kappa shape index (κ1) is 18.2. The Morgan fingerprint density at radius 1 is 1.44 bits per heavy atom. The van der Waals surface area contributed by atoms with Gasteiger partial charge in [0, 0.05) is 4.88 Å².